The molecule has 600 valence electrons. The number of nitrogens with zero attached hydrogens (tertiary/aromatic N) is 5. The predicted octanol–water partition coefficient (Wildman–Crippen LogP) is 19.1. The van der Waals surface area contributed by atoms with E-state index in [9.17, 15) is 50.3 Å². The molecule has 7 N–H and O–H groups in total. The average molecular weight is 1900 g/mol. The first-order valence-electron chi connectivity index (χ1n) is 33.5. The van der Waals surface area contributed by atoms with E-state index in [0.29, 0.717) is 90.5 Å². The van der Waals surface area contributed by atoms with Crippen LogP contribution in [0.25, 0.3) is 60.1 Å². The highest BCUT2D eigenvalue weighted by atomic mass is 79.9. The Labute approximate surface area is 694 Å². The summed E-state index contributed by atoms with van der Waals surface area (Å²) in [5.41, 5.74) is 17.0. The van der Waals surface area contributed by atoms with Gasteiger partial charge >= 0.3 is 39.0 Å². The summed E-state index contributed by atoms with van der Waals surface area (Å²) in [6, 6.07) is 27.9. The van der Waals surface area contributed by atoms with E-state index in [1.165, 1.54) is 99.1 Å². The molecule has 0 spiro atoms. The molecule has 4 aliphatic rings. The number of aromatic carboxylic acids is 1. The van der Waals surface area contributed by atoms with Gasteiger partial charge in [0.2, 0.25) is 0 Å². The second-order valence-electron chi connectivity index (χ2n) is 28.0. The topological polar surface area (TPSA) is 365 Å². The third-order valence-corrected chi connectivity index (χ3v) is 21.9. The number of carboxylic acids is 1. The molecule has 0 atom stereocenters. The number of hydrogen-bond acceptors (Lipinski definition) is 16. The van der Waals surface area contributed by atoms with E-state index in [-0.39, 0.29) is 76.8 Å². The third kappa shape index (κ3) is 23.2. The lowest BCUT2D eigenvalue weighted by Gasteiger charge is -2.32. The van der Waals surface area contributed by atoms with Gasteiger partial charge < -0.3 is 68.2 Å². The number of nitriles is 2. The summed E-state index contributed by atoms with van der Waals surface area (Å²) in [7, 11) is 0.958. The molecule has 3 fully saturated rings. The van der Waals surface area contributed by atoms with Crippen LogP contribution in [0.3, 0.4) is 0 Å². The molecule has 0 saturated carbocycles. The van der Waals surface area contributed by atoms with Crippen molar-refractivity contribution in [3.8, 4) is 12.1 Å². The Morgan fingerprint density at radius 3 is 1.32 bits per heavy atom. The van der Waals surface area contributed by atoms with Crippen molar-refractivity contribution in [1.82, 2.24) is 19.9 Å². The number of allylic oxidation sites excluding steroid dienone is 1. The highest BCUT2D eigenvalue weighted by Gasteiger charge is 2.64. The van der Waals surface area contributed by atoms with Crippen LogP contribution in [0, 0.1) is 57.6 Å². The van der Waals surface area contributed by atoms with Crippen LogP contribution in [0.2, 0.25) is 0 Å². The summed E-state index contributed by atoms with van der Waals surface area (Å²) in [4.78, 5) is 66.2. The number of hydrogen-bond donors (Lipinski definition) is 6. The number of halogens is 11. The number of ether oxygens (including phenoxy) is 2. The van der Waals surface area contributed by atoms with Gasteiger partial charge in [-0.2, -0.15) is 10.5 Å². The Morgan fingerprint density at radius 1 is 0.553 bits per heavy atom. The number of carboxylic acid groups (broad SMARTS) is 1. The number of aromatic nitrogens is 4. The van der Waals surface area contributed by atoms with Crippen LogP contribution in [0.15, 0.2) is 136 Å². The Hall–Kier alpha value is -9.01. The molecule has 10 aromatic rings. The van der Waals surface area contributed by atoms with E-state index in [1.54, 1.807) is 24.3 Å². The Kier molecular flexibility index (Phi) is 31.8. The summed E-state index contributed by atoms with van der Waals surface area (Å²) >= 11 is 15.8. The van der Waals surface area contributed by atoms with Gasteiger partial charge in [0, 0.05) is 66.4 Å². The van der Waals surface area contributed by atoms with Gasteiger partial charge in [0.05, 0.1) is 76.0 Å². The van der Waals surface area contributed by atoms with Gasteiger partial charge in [0.1, 0.15) is 70.3 Å². The van der Waals surface area contributed by atoms with Crippen LogP contribution in [-0.4, -0.2) is 131 Å². The first-order chi connectivity index (χ1) is 52.6. The van der Waals surface area contributed by atoms with Crippen molar-refractivity contribution in [2.24, 2.45) is 10.8 Å². The van der Waals surface area contributed by atoms with Gasteiger partial charge in [-0.15, -0.1) is 0 Å². The Balaban J connectivity index is 0.000000205. The van der Waals surface area contributed by atoms with E-state index in [4.69, 9.17) is 54.8 Å². The lowest BCUT2D eigenvalue weighted by Crippen LogP contribution is -2.41. The van der Waals surface area contributed by atoms with E-state index in [1.807, 2.05) is 89.2 Å². The summed E-state index contributed by atoms with van der Waals surface area (Å²) < 4.78 is 125. The van der Waals surface area contributed by atoms with Crippen LogP contribution < -0.4 is 11.2 Å². The molecule has 1 amide bonds. The zero-order valence-electron chi connectivity index (χ0n) is 62.8. The fraction of sp³-hybridized carbons (Fsp3) is 0.303. The number of nitrogens with one attached hydrogen (secondary N) is 4. The van der Waals surface area contributed by atoms with E-state index >= 15 is 0 Å². The number of carbonyl (C=O) groups is 5. The van der Waals surface area contributed by atoms with Crippen molar-refractivity contribution in [3.63, 3.8) is 0 Å². The zero-order chi connectivity index (χ0) is 84.4. The molecular weight excluding hydrogens is 1820 g/mol. The molecule has 0 unspecified atom stereocenters. The molecule has 24 nitrogen and oxygen atoms in total. The molecule has 1 aliphatic carbocycles. The predicted molar refractivity (Wildman–Crippen MR) is 439 cm³/mol. The van der Waals surface area contributed by atoms with Crippen LogP contribution in [0.5, 0.6) is 0 Å². The third-order valence-electron chi connectivity index (χ3n) is 18.6. The molecule has 14 rings (SSSR count). The molecule has 0 bridgehead atoms. The number of primary amides is 1. The number of benzene rings is 6. The summed E-state index contributed by atoms with van der Waals surface area (Å²) in [6.45, 7) is 23.8. The maximum Gasteiger partial charge on any atom is 0.495 e. The number of aldehydes is 1. The number of aromatic amines is 4. The number of esters is 2. The number of nitrogens with two attached hydrogens (primary N) is 1. The lowest BCUT2D eigenvalue weighted by atomic mass is 9.49. The number of H-pyrrole nitrogens is 4. The van der Waals surface area contributed by atoms with Gasteiger partial charge in [-0.25, -0.2) is 35.9 Å². The number of azide groups is 1. The summed E-state index contributed by atoms with van der Waals surface area (Å²) in [6.07, 6.45) is 2.94. The van der Waals surface area contributed by atoms with Crippen molar-refractivity contribution in [2.45, 2.75) is 131 Å². The minimum Gasteiger partial charge on any atom is -0.477 e. The standard InChI is InChI=1S/C16H17BFNO2.C12H24B2O4.C10H7BrFNO2.C9H6BrFN2O.C9H4BrFN2.C9H5BrFNO2.C7H4BrFO.C3H5N3O2.CH4/c1-15(2)16(3,4)21-17(20-15)14-8-12(18)7-11-5-10(9-19)6-13(11)14;1-9(2)10(3,4)16-13(15-9)14-17-11(5,6)12(7,8)18-14;1-15-10(14)9-4-6-7(11)2-5(12)3-8(6)13-9;10-6-1-4(11)2-7-5(6)3-8(13-7)9(12)14;10-8-1-5(11)2-9-7(8)3-6(4-12)13-9;10-6-1-4(11)2-7-5(6)3-8(12-7)9(13)14;8-7-3-6(9)2-1-5(7)4-10;1-8-3(7)2-5-6-4;/h6-8H,5H2,1-4H3;1-8H3;2-4,13H,1H3;1-3,13H,(H2,12,14);1-3,13H;1-3,12H,(H,13,14);1-4H;2H2,1H3;1H4. The second kappa shape index (κ2) is 38.6. The van der Waals surface area contributed by atoms with Gasteiger partial charge in [0.15, 0.2) is 6.29 Å². The molecule has 3 aliphatic heterocycles. The number of methoxy groups -OCH3 is 2. The van der Waals surface area contributed by atoms with E-state index in [0.717, 1.165) is 27.3 Å². The fourth-order valence-electron chi connectivity index (χ4n) is 10.6. The van der Waals surface area contributed by atoms with Crippen molar-refractivity contribution in [2.75, 3.05) is 20.8 Å². The SMILES string of the molecule is C.CC1(C)OB(B2OC(C)(C)C(C)(C)O2)OC1(C)C.CC1(C)OB(c2cc(F)cc3c2C=C(C#N)C3)OC1(C)C.COC(=O)CN=[N+]=[N-].COC(=O)c1cc2c(Br)cc(F)cc2[nH]1.N#Cc1cc2c(Br)cc(F)cc2[nH]1.NC(=O)c1cc2c(Br)cc(F)cc2[nH]1.O=C(O)c1cc2c(Br)cc(F)cc2[nH]1.O=Cc1ccc(F)cc1Br. The van der Waals surface area contributed by atoms with Crippen molar-refractivity contribution >= 4 is 186 Å². The number of carbonyl (C=O) groups excluding carboxylic acids is 4. The average Bonchev–Trinajstić information content (AvgIpc) is 1.60. The molecule has 6 aromatic carbocycles. The zero-order valence-corrected chi connectivity index (χ0v) is 70.8. The van der Waals surface area contributed by atoms with Crippen molar-refractivity contribution < 1.29 is 92.8 Å². The summed E-state index contributed by atoms with van der Waals surface area (Å²) in [5, 5.41) is 32.3. The molecular formula is C76H76B3Br5F6N10O14. The Bertz CT molecular complexity index is 5290. The maximum atomic E-state index is 13.9. The van der Waals surface area contributed by atoms with Gasteiger partial charge in [-0.05, 0) is 294 Å². The van der Waals surface area contributed by atoms with Gasteiger partial charge in [0.25, 0.3) is 5.91 Å². The highest BCUT2D eigenvalue weighted by Crippen LogP contribution is 2.44. The number of rotatable bonds is 8. The van der Waals surface area contributed by atoms with Crippen molar-refractivity contribution in [3.05, 3.63) is 216 Å². The number of amides is 1. The van der Waals surface area contributed by atoms with E-state index < -0.39 is 62.0 Å². The molecule has 4 aromatic heterocycles. The van der Waals surface area contributed by atoms with Crippen LogP contribution in [-0.2, 0) is 48.6 Å². The van der Waals surface area contributed by atoms with Gasteiger partial charge in [-0.1, -0.05) is 12.5 Å². The number of fused-ring (bicyclic) bond motifs is 5. The minimum atomic E-state index is -1.06. The van der Waals surface area contributed by atoms with Gasteiger partial charge in [-0.3, -0.25) is 14.4 Å². The maximum absolute atomic E-state index is 13.9. The first-order valence-corrected chi connectivity index (χ1v) is 37.5. The molecule has 38 heteroatoms. The molecule has 114 heavy (non-hydrogen) atoms. The highest BCUT2D eigenvalue weighted by molar-refractivity contribution is 9.11. The van der Waals surface area contributed by atoms with Crippen LogP contribution in [0.4, 0.5) is 26.3 Å². The monoisotopic (exact) mass is 1890 g/mol. The quantitative estimate of drug-likeness (QED) is 0.0157. The smallest absolute Gasteiger partial charge is 0.477 e. The molecule has 0 radical (unpaired) electrons. The van der Waals surface area contributed by atoms with E-state index in [2.05, 4.69) is 125 Å². The first kappa shape index (κ1) is 93.9. The summed E-state index contributed by atoms with van der Waals surface area (Å²) in [5.74, 6) is -4.78. The minimum absolute atomic E-state index is 0. The Morgan fingerprint density at radius 2 is 0.939 bits per heavy atom. The van der Waals surface area contributed by atoms with Crippen LogP contribution >= 0.6 is 79.6 Å². The molecule has 7 heterocycles. The van der Waals surface area contributed by atoms with Crippen LogP contribution in [0.1, 0.15) is 149 Å². The molecule has 3 saturated heterocycles. The van der Waals surface area contributed by atoms with Crippen molar-refractivity contribution in [1.29, 1.82) is 10.5 Å². The second-order valence-corrected chi connectivity index (χ2v) is 32.3. The fourth-order valence-corrected chi connectivity index (χ4v) is 13.2. The normalized spacial score (nSPS) is 15.6. The lowest BCUT2D eigenvalue weighted by molar-refractivity contribution is -0.138. The largest absolute Gasteiger partial charge is 0.495 e.